The van der Waals surface area contributed by atoms with E-state index >= 15 is 0 Å². The molecule has 1 rings (SSSR count). The molecule has 16 heavy (non-hydrogen) atoms. The predicted molar refractivity (Wildman–Crippen MR) is 52.2 cm³/mol. The number of amides is 1. The van der Waals surface area contributed by atoms with Crippen LogP contribution in [0.5, 0.6) is 0 Å². The van der Waals surface area contributed by atoms with Crippen molar-refractivity contribution in [3.8, 4) is 0 Å². The van der Waals surface area contributed by atoms with Crippen LogP contribution < -0.4 is 0 Å². The van der Waals surface area contributed by atoms with Gasteiger partial charge >= 0.3 is 5.97 Å². The van der Waals surface area contributed by atoms with Gasteiger partial charge in [0.2, 0.25) is 5.91 Å². The molecule has 0 bridgehead atoms. The minimum atomic E-state index is -3.00. The number of carbonyl (C=O) groups excluding carboxylic acids is 1. The Morgan fingerprint density at radius 1 is 1.44 bits per heavy atom. The first-order valence-electron chi connectivity index (χ1n) is 5.18. The molecule has 0 spiro atoms. The number of hydrogen-bond donors (Lipinski definition) is 1. The first kappa shape index (κ1) is 12.9. The van der Waals surface area contributed by atoms with E-state index in [-0.39, 0.29) is 25.4 Å². The Balaban J connectivity index is 2.71. The first-order valence-corrected chi connectivity index (χ1v) is 5.18. The Morgan fingerprint density at radius 3 is 2.56 bits per heavy atom. The van der Waals surface area contributed by atoms with Crippen molar-refractivity contribution in [2.24, 2.45) is 5.92 Å². The number of carbonyl (C=O) groups is 2. The molecule has 0 aromatic carbocycles. The van der Waals surface area contributed by atoms with E-state index in [0.717, 1.165) is 0 Å². The minimum Gasteiger partial charge on any atom is -0.481 e. The van der Waals surface area contributed by atoms with Crippen LogP contribution in [0.3, 0.4) is 0 Å². The Bertz CT molecular complexity index is 294. The van der Waals surface area contributed by atoms with Gasteiger partial charge in [0.25, 0.3) is 5.92 Å². The van der Waals surface area contributed by atoms with Gasteiger partial charge < -0.3 is 10.0 Å². The van der Waals surface area contributed by atoms with Gasteiger partial charge in [-0.3, -0.25) is 9.59 Å². The summed E-state index contributed by atoms with van der Waals surface area (Å²) in [6.45, 7) is 1.54. The van der Waals surface area contributed by atoms with Crippen LogP contribution in [-0.2, 0) is 9.59 Å². The number of rotatable bonds is 2. The quantitative estimate of drug-likeness (QED) is 0.786. The summed E-state index contributed by atoms with van der Waals surface area (Å²) < 4.78 is 27.0. The van der Waals surface area contributed by atoms with Crippen LogP contribution in [0.4, 0.5) is 8.78 Å². The van der Waals surface area contributed by atoms with Crippen LogP contribution >= 0.6 is 0 Å². The number of alkyl halides is 2. The summed E-state index contributed by atoms with van der Waals surface area (Å²) in [5, 5.41) is 8.55. The summed E-state index contributed by atoms with van der Waals surface area (Å²) in [5.41, 5.74) is 0. The molecular formula is C10H15F2NO3. The van der Waals surface area contributed by atoms with Gasteiger partial charge in [0.1, 0.15) is 0 Å². The molecule has 4 nitrogen and oxygen atoms in total. The normalized spacial score (nSPS) is 24.9. The molecule has 1 heterocycles. The molecule has 1 aliphatic rings. The predicted octanol–water partition coefficient (Wildman–Crippen LogP) is 1.35. The van der Waals surface area contributed by atoms with Gasteiger partial charge in [0, 0.05) is 32.4 Å². The van der Waals surface area contributed by atoms with Crippen molar-refractivity contribution < 1.29 is 23.5 Å². The number of nitrogens with zero attached hydrogens (tertiary/aromatic N) is 1. The molecule has 0 aromatic heterocycles. The second-order valence-electron chi connectivity index (χ2n) is 4.10. The maximum atomic E-state index is 13.5. The molecule has 1 atom stereocenters. The topological polar surface area (TPSA) is 57.6 Å². The molecule has 92 valence electrons. The Labute approximate surface area is 92.2 Å². The lowest BCUT2D eigenvalue weighted by Crippen LogP contribution is -2.31. The van der Waals surface area contributed by atoms with Crippen molar-refractivity contribution in [2.45, 2.75) is 32.1 Å². The van der Waals surface area contributed by atoms with Crippen molar-refractivity contribution in [1.82, 2.24) is 4.90 Å². The van der Waals surface area contributed by atoms with Crippen LogP contribution in [0, 0.1) is 5.92 Å². The largest absolute Gasteiger partial charge is 0.481 e. The average Bonchev–Trinajstić information content (AvgIpc) is 2.26. The van der Waals surface area contributed by atoms with Crippen LogP contribution in [-0.4, -0.2) is 40.9 Å². The molecule has 0 saturated carbocycles. The number of carboxylic acid groups (broad SMARTS) is 1. The Hall–Kier alpha value is -1.20. The molecule has 1 aliphatic heterocycles. The van der Waals surface area contributed by atoms with Crippen molar-refractivity contribution >= 4 is 11.9 Å². The zero-order valence-electron chi connectivity index (χ0n) is 9.08. The number of halogens is 2. The summed E-state index contributed by atoms with van der Waals surface area (Å²) >= 11 is 0. The lowest BCUT2D eigenvalue weighted by atomic mass is 9.93. The number of hydrogen-bond acceptors (Lipinski definition) is 2. The Morgan fingerprint density at radius 2 is 2.06 bits per heavy atom. The van der Waals surface area contributed by atoms with Crippen LogP contribution in [0.25, 0.3) is 0 Å². The molecule has 6 heteroatoms. The number of likely N-dealkylation sites (tertiary alicyclic amines) is 1. The van der Waals surface area contributed by atoms with Gasteiger partial charge in [0.15, 0.2) is 0 Å². The smallest absolute Gasteiger partial charge is 0.303 e. The molecular weight excluding hydrogens is 220 g/mol. The Kier molecular flexibility index (Phi) is 3.83. The second-order valence-corrected chi connectivity index (χ2v) is 4.10. The highest BCUT2D eigenvalue weighted by atomic mass is 19.3. The molecule has 1 N–H and O–H groups in total. The highest BCUT2D eigenvalue weighted by Gasteiger charge is 2.42. The van der Waals surface area contributed by atoms with E-state index in [1.165, 1.54) is 11.8 Å². The first-order chi connectivity index (χ1) is 7.33. The summed E-state index contributed by atoms with van der Waals surface area (Å²) in [5.74, 6) is -5.63. The third kappa shape index (κ3) is 3.15. The van der Waals surface area contributed by atoms with Crippen LogP contribution in [0.1, 0.15) is 26.2 Å². The highest BCUT2D eigenvalue weighted by Crippen LogP contribution is 2.35. The standard InChI is InChI=1S/C10H15F2NO3/c1-7(14)13-4-2-8(6-9(15)16)10(11,12)3-5-13/h8H,2-6H2,1H3,(H,15,16). The van der Waals surface area contributed by atoms with Gasteiger partial charge in [-0.05, 0) is 6.42 Å². The zero-order chi connectivity index (χ0) is 12.3. The maximum absolute atomic E-state index is 13.5. The minimum absolute atomic E-state index is 0.00154. The lowest BCUT2D eigenvalue weighted by molar-refractivity contribution is -0.143. The lowest BCUT2D eigenvalue weighted by Gasteiger charge is -2.22. The van der Waals surface area contributed by atoms with Gasteiger partial charge in [0.05, 0.1) is 6.42 Å². The van der Waals surface area contributed by atoms with Crippen molar-refractivity contribution in [2.75, 3.05) is 13.1 Å². The van der Waals surface area contributed by atoms with E-state index in [0.29, 0.717) is 0 Å². The van der Waals surface area contributed by atoms with E-state index in [9.17, 15) is 18.4 Å². The maximum Gasteiger partial charge on any atom is 0.303 e. The molecule has 1 saturated heterocycles. The van der Waals surface area contributed by atoms with Crippen LogP contribution in [0.15, 0.2) is 0 Å². The van der Waals surface area contributed by atoms with Crippen LogP contribution in [0.2, 0.25) is 0 Å². The second kappa shape index (κ2) is 4.76. The molecule has 1 unspecified atom stereocenters. The van der Waals surface area contributed by atoms with E-state index in [1.54, 1.807) is 0 Å². The molecule has 0 aliphatic carbocycles. The molecule has 0 radical (unpaired) electrons. The monoisotopic (exact) mass is 235 g/mol. The van der Waals surface area contributed by atoms with Gasteiger partial charge in [-0.15, -0.1) is 0 Å². The summed E-state index contributed by atoms with van der Waals surface area (Å²) in [6.07, 6.45) is -0.956. The zero-order valence-corrected chi connectivity index (χ0v) is 9.08. The molecule has 1 amide bonds. The van der Waals surface area contributed by atoms with E-state index in [2.05, 4.69) is 0 Å². The third-order valence-electron chi connectivity index (χ3n) is 2.93. The molecule has 0 aromatic rings. The van der Waals surface area contributed by atoms with Crippen molar-refractivity contribution in [3.63, 3.8) is 0 Å². The fourth-order valence-corrected chi connectivity index (χ4v) is 1.90. The number of carboxylic acids is 1. The van der Waals surface area contributed by atoms with E-state index in [4.69, 9.17) is 5.11 Å². The number of aliphatic carboxylic acids is 1. The third-order valence-corrected chi connectivity index (χ3v) is 2.93. The van der Waals surface area contributed by atoms with E-state index in [1.807, 2.05) is 0 Å². The highest BCUT2D eigenvalue weighted by molar-refractivity contribution is 5.73. The van der Waals surface area contributed by atoms with Gasteiger partial charge in [-0.1, -0.05) is 0 Å². The SMILES string of the molecule is CC(=O)N1CCC(CC(=O)O)C(F)(F)CC1. The summed E-state index contributed by atoms with van der Waals surface area (Å²) in [7, 11) is 0. The van der Waals surface area contributed by atoms with Crippen molar-refractivity contribution in [1.29, 1.82) is 0 Å². The molecule has 1 fully saturated rings. The summed E-state index contributed by atoms with van der Waals surface area (Å²) in [6, 6.07) is 0. The summed E-state index contributed by atoms with van der Waals surface area (Å²) in [4.78, 5) is 22.9. The van der Waals surface area contributed by atoms with Gasteiger partial charge in [-0.25, -0.2) is 8.78 Å². The van der Waals surface area contributed by atoms with E-state index < -0.39 is 30.7 Å². The average molecular weight is 235 g/mol. The van der Waals surface area contributed by atoms with Gasteiger partial charge in [-0.2, -0.15) is 0 Å². The fourth-order valence-electron chi connectivity index (χ4n) is 1.90. The van der Waals surface area contributed by atoms with Crippen molar-refractivity contribution in [3.05, 3.63) is 0 Å². The fraction of sp³-hybridized carbons (Fsp3) is 0.800.